The lowest BCUT2D eigenvalue weighted by Crippen LogP contribution is -2.47. The lowest BCUT2D eigenvalue weighted by molar-refractivity contribution is -0.138. The van der Waals surface area contributed by atoms with E-state index in [0.717, 1.165) is 5.75 Å². The lowest BCUT2D eigenvalue weighted by atomic mass is 10.1. The molecule has 1 aromatic rings. The summed E-state index contributed by atoms with van der Waals surface area (Å²) in [6, 6.07) is 6.38. The van der Waals surface area contributed by atoms with Crippen molar-refractivity contribution >= 4 is 35.0 Å². The minimum Gasteiger partial charge on any atom is -0.480 e. The van der Waals surface area contributed by atoms with Crippen LogP contribution in [-0.2, 0) is 4.79 Å². The van der Waals surface area contributed by atoms with E-state index in [2.05, 4.69) is 0 Å². The molecule has 6 heteroatoms. The summed E-state index contributed by atoms with van der Waals surface area (Å²) in [4.78, 5) is 13.0. The van der Waals surface area contributed by atoms with Crippen molar-refractivity contribution in [2.45, 2.75) is 6.04 Å². The molecular formula is C12H11ClN2O2S. The first kappa shape index (κ1) is 13.1. The maximum Gasteiger partial charge on any atom is 0.327 e. The van der Waals surface area contributed by atoms with Crippen LogP contribution in [-0.4, -0.2) is 35.2 Å². The predicted octanol–water partition coefficient (Wildman–Crippen LogP) is 2.22. The Morgan fingerprint density at radius 1 is 1.61 bits per heavy atom. The molecule has 0 bridgehead atoms. The highest BCUT2D eigenvalue weighted by molar-refractivity contribution is 7.99. The van der Waals surface area contributed by atoms with Crippen molar-refractivity contribution in [2.24, 2.45) is 0 Å². The smallest absolute Gasteiger partial charge is 0.327 e. The number of carbonyl (C=O) groups is 1. The van der Waals surface area contributed by atoms with Crippen molar-refractivity contribution in [3.8, 4) is 6.07 Å². The number of anilines is 1. The molecule has 0 radical (unpaired) electrons. The number of carboxylic acid groups (broad SMARTS) is 1. The number of carboxylic acids is 1. The zero-order valence-corrected chi connectivity index (χ0v) is 11.0. The Hall–Kier alpha value is -1.38. The second-order valence-corrected chi connectivity index (χ2v) is 5.46. The molecule has 0 amide bonds. The van der Waals surface area contributed by atoms with Gasteiger partial charge in [-0.25, -0.2) is 4.79 Å². The Morgan fingerprint density at radius 2 is 2.39 bits per heavy atom. The molecular weight excluding hydrogens is 272 g/mol. The third-order valence-electron chi connectivity index (χ3n) is 2.80. The van der Waals surface area contributed by atoms with Gasteiger partial charge < -0.3 is 10.0 Å². The highest BCUT2D eigenvalue weighted by atomic mass is 35.5. The van der Waals surface area contributed by atoms with E-state index in [-0.39, 0.29) is 0 Å². The summed E-state index contributed by atoms with van der Waals surface area (Å²) in [5, 5.41) is 18.4. The van der Waals surface area contributed by atoms with E-state index in [0.29, 0.717) is 28.6 Å². The molecule has 1 unspecified atom stereocenters. The van der Waals surface area contributed by atoms with Gasteiger partial charge in [-0.2, -0.15) is 17.0 Å². The van der Waals surface area contributed by atoms with Crippen molar-refractivity contribution in [1.82, 2.24) is 0 Å². The van der Waals surface area contributed by atoms with Crippen molar-refractivity contribution in [1.29, 1.82) is 5.26 Å². The molecule has 1 N–H and O–H groups in total. The van der Waals surface area contributed by atoms with Gasteiger partial charge >= 0.3 is 5.97 Å². The minimum absolute atomic E-state index is 0.423. The number of nitriles is 1. The molecule has 0 spiro atoms. The van der Waals surface area contributed by atoms with E-state index in [1.165, 1.54) is 0 Å². The number of thioether (sulfide) groups is 1. The average Bonchev–Trinajstić information content (AvgIpc) is 2.38. The minimum atomic E-state index is -0.845. The van der Waals surface area contributed by atoms with Crippen molar-refractivity contribution < 1.29 is 9.90 Å². The molecule has 0 saturated carbocycles. The van der Waals surface area contributed by atoms with E-state index in [1.807, 2.05) is 6.07 Å². The summed E-state index contributed by atoms with van der Waals surface area (Å²) in [5.41, 5.74) is 1.16. The van der Waals surface area contributed by atoms with E-state index in [4.69, 9.17) is 16.9 Å². The molecule has 1 aromatic carbocycles. The third kappa shape index (κ3) is 2.55. The molecule has 1 aliphatic heterocycles. The summed E-state index contributed by atoms with van der Waals surface area (Å²) < 4.78 is 0. The average molecular weight is 283 g/mol. The summed E-state index contributed by atoms with van der Waals surface area (Å²) in [7, 11) is 0. The highest BCUT2D eigenvalue weighted by Crippen LogP contribution is 2.31. The number of halogens is 1. The molecule has 4 nitrogen and oxygen atoms in total. The quantitative estimate of drug-likeness (QED) is 0.901. The lowest BCUT2D eigenvalue weighted by Gasteiger charge is -2.35. The van der Waals surface area contributed by atoms with E-state index < -0.39 is 12.0 Å². The molecule has 2 rings (SSSR count). The Labute approximate surface area is 114 Å². The Kier molecular flexibility index (Phi) is 4.00. The summed E-state index contributed by atoms with van der Waals surface area (Å²) in [6.45, 7) is 0.646. The van der Waals surface area contributed by atoms with Crippen LogP contribution in [0.5, 0.6) is 0 Å². The van der Waals surface area contributed by atoms with E-state index in [1.54, 1.807) is 34.9 Å². The summed E-state index contributed by atoms with van der Waals surface area (Å²) in [5.74, 6) is 0.578. The fourth-order valence-corrected chi connectivity index (χ4v) is 3.23. The first-order valence-electron chi connectivity index (χ1n) is 5.40. The third-order valence-corrected chi connectivity index (χ3v) is 4.13. The molecule has 0 aromatic heterocycles. The van der Waals surface area contributed by atoms with E-state index in [9.17, 15) is 9.90 Å². The molecule has 18 heavy (non-hydrogen) atoms. The van der Waals surface area contributed by atoms with E-state index >= 15 is 0 Å². The SMILES string of the molecule is N#Cc1ccc(N2CCSCC2C(=O)O)c(Cl)c1. The topological polar surface area (TPSA) is 64.3 Å². The van der Waals surface area contributed by atoms with Gasteiger partial charge in [0.25, 0.3) is 0 Å². The maximum atomic E-state index is 11.2. The standard InChI is InChI=1S/C12H11ClN2O2S/c13-9-5-8(6-14)1-2-10(9)15-3-4-18-7-11(15)12(16)17/h1-2,5,11H,3-4,7H2,(H,16,17). The van der Waals surface area contributed by atoms with Gasteiger partial charge in [-0.3, -0.25) is 0 Å². The van der Waals surface area contributed by atoms with Crippen molar-refractivity contribution in [3.05, 3.63) is 28.8 Å². The molecule has 1 aliphatic rings. The first-order valence-corrected chi connectivity index (χ1v) is 6.93. The zero-order valence-electron chi connectivity index (χ0n) is 9.47. The van der Waals surface area contributed by atoms with Gasteiger partial charge in [0.15, 0.2) is 0 Å². The summed E-state index contributed by atoms with van der Waals surface area (Å²) in [6.07, 6.45) is 0. The second kappa shape index (κ2) is 5.51. The Bertz CT molecular complexity index is 515. The summed E-state index contributed by atoms with van der Waals surface area (Å²) >= 11 is 7.74. The van der Waals surface area contributed by atoms with Gasteiger partial charge in [0, 0.05) is 18.1 Å². The molecule has 1 atom stereocenters. The normalized spacial score (nSPS) is 19.3. The van der Waals surface area contributed by atoms with Gasteiger partial charge in [-0.1, -0.05) is 11.6 Å². The monoisotopic (exact) mass is 282 g/mol. The van der Waals surface area contributed by atoms with Crippen LogP contribution in [0, 0.1) is 11.3 Å². The van der Waals surface area contributed by atoms with Crippen LogP contribution in [0.2, 0.25) is 5.02 Å². The zero-order chi connectivity index (χ0) is 13.1. The number of benzene rings is 1. The fourth-order valence-electron chi connectivity index (χ4n) is 1.91. The second-order valence-electron chi connectivity index (χ2n) is 3.90. The van der Waals surface area contributed by atoms with Gasteiger partial charge in [-0.15, -0.1) is 0 Å². The van der Waals surface area contributed by atoms with Gasteiger partial charge in [0.2, 0.25) is 0 Å². The number of rotatable bonds is 2. The number of aliphatic carboxylic acids is 1. The van der Waals surface area contributed by atoms with Gasteiger partial charge in [-0.05, 0) is 18.2 Å². The van der Waals surface area contributed by atoms with Crippen LogP contribution in [0.4, 0.5) is 5.69 Å². The van der Waals surface area contributed by atoms with Crippen LogP contribution in [0.25, 0.3) is 0 Å². The molecule has 0 aliphatic carbocycles. The molecule has 1 saturated heterocycles. The maximum absolute atomic E-state index is 11.2. The molecule has 94 valence electrons. The van der Waals surface area contributed by atoms with Gasteiger partial charge in [0.05, 0.1) is 22.3 Å². The van der Waals surface area contributed by atoms with Crippen LogP contribution in [0.15, 0.2) is 18.2 Å². The highest BCUT2D eigenvalue weighted by Gasteiger charge is 2.30. The molecule has 1 fully saturated rings. The van der Waals surface area contributed by atoms with Crippen molar-refractivity contribution in [3.63, 3.8) is 0 Å². The van der Waals surface area contributed by atoms with Crippen LogP contribution >= 0.6 is 23.4 Å². The molecule has 1 heterocycles. The van der Waals surface area contributed by atoms with Crippen LogP contribution in [0.3, 0.4) is 0 Å². The Balaban J connectivity index is 2.34. The first-order chi connectivity index (χ1) is 8.63. The van der Waals surface area contributed by atoms with Gasteiger partial charge in [0.1, 0.15) is 6.04 Å². The van der Waals surface area contributed by atoms with Crippen molar-refractivity contribution in [2.75, 3.05) is 23.0 Å². The van der Waals surface area contributed by atoms with Crippen LogP contribution < -0.4 is 4.90 Å². The number of nitrogens with zero attached hydrogens (tertiary/aromatic N) is 2. The Morgan fingerprint density at radius 3 is 3.00 bits per heavy atom. The van der Waals surface area contributed by atoms with Crippen LogP contribution in [0.1, 0.15) is 5.56 Å². The predicted molar refractivity (Wildman–Crippen MR) is 72.3 cm³/mol. The largest absolute Gasteiger partial charge is 0.480 e. The fraction of sp³-hybridized carbons (Fsp3) is 0.333. The number of hydrogen-bond donors (Lipinski definition) is 1. The number of hydrogen-bond acceptors (Lipinski definition) is 4.